The van der Waals surface area contributed by atoms with E-state index in [9.17, 15) is 24.0 Å². The number of aromatic amines is 2. The van der Waals surface area contributed by atoms with E-state index < -0.39 is 29.7 Å². The number of allylic oxidation sites excluding steroid dienone is 4. The highest BCUT2D eigenvalue weighted by molar-refractivity contribution is 6.28. The smallest absolute Gasteiger partial charge is 0.330 e. The highest BCUT2D eigenvalue weighted by atomic mass is 16.7. The molecule has 8 bridgehead atoms. The van der Waals surface area contributed by atoms with Gasteiger partial charge in [-0.3, -0.25) is 19.2 Å². The Morgan fingerprint density at radius 3 is 2.24 bits per heavy atom. The van der Waals surface area contributed by atoms with Gasteiger partial charge in [0.2, 0.25) is 0 Å². The number of amides is 2. The van der Waals surface area contributed by atoms with E-state index in [0.717, 1.165) is 36.5 Å². The maximum Gasteiger partial charge on any atom is 0.330 e. The van der Waals surface area contributed by atoms with Gasteiger partial charge in [-0.25, -0.2) is 14.8 Å². The Morgan fingerprint density at radius 1 is 0.882 bits per heavy atom. The molecule has 0 saturated heterocycles. The summed E-state index contributed by atoms with van der Waals surface area (Å²) in [5.74, 6) is -3.49. The van der Waals surface area contributed by atoms with Crippen LogP contribution in [0.5, 0.6) is 0 Å². The quantitative estimate of drug-likeness (QED) is 0.203. The molecule has 2 aromatic rings. The molecule has 2 amide bonds. The van der Waals surface area contributed by atoms with E-state index in [1.807, 2.05) is 52.8 Å². The lowest BCUT2D eigenvalue weighted by molar-refractivity contribution is -0.166. The van der Waals surface area contributed by atoms with Crippen LogP contribution in [0.1, 0.15) is 152 Å². The van der Waals surface area contributed by atoms with E-state index in [0.29, 0.717) is 75.1 Å². The topological polar surface area (TPSA) is 164 Å². The number of fused-ring (bicyclic) bond motifs is 8. The van der Waals surface area contributed by atoms with Crippen molar-refractivity contribution in [2.45, 2.75) is 98.8 Å². The van der Waals surface area contributed by atoms with Gasteiger partial charge in [-0.2, -0.15) is 0 Å². The number of ketones is 1. The number of hydroxylamine groups is 2. The Hall–Kier alpha value is -5.39. The van der Waals surface area contributed by atoms with Gasteiger partial charge < -0.3 is 19.5 Å². The highest BCUT2D eigenvalue weighted by Crippen LogP contribution is 2.45. The number of imide groups is 1. The number of methoxy groups -OCH3 is 1. The Bertz CT molecular complexity index is 2170. The third-order valence-corrected chi connectivity index (χ3v) is 10.3. The van der Waals surface area contributed by atoms with Crippen molar-refractivity contribution in [3.05, 3.63) is 69.1 Å². The predicted molar refractivity (Wildman–Crippen MR) is 192 cm³/mol. The SMILES string of the molecule is CCCCC(=O)C1=C(C)c2cc3[nH]c(c4c5[nH]c(cc6nc(cc1n2)C(C)=C6CC)c(C)c5C(=O)N(OC(C)=O)C4=O)[C@@H](CCC(=O)OC)[C@@H]3C. The number of unbranched alkanes of at least 4 members (excludes halogenated alkanes) is 1. The first-order chi connectivity index (χ1) is 24.3. The number of nitrogens with one attached hydrogen (secondary N) is 2. The summed E-state index contributed by atoms with van der Waals surface area (Å²) in [6.45, 7) is 12.8. The zero-order chi connectivity index (χ0) is 36.9. The van der Waals surface area contributed by atoms with Crippen molar-refractivity contribution >= 4 is 62.9 Å². The minimum Gasteiger partial charge on any atom is -0.469 e. The van der Waals surface area contributed by atoms with Gasteiger partial charge in [0.25, 0.3) is 11.8 Å². The second-order valence-corrected chi connectivity index (χ2v) is 13.5. The first kappa shape index (κ1) is 35.4. The lowest BCUT2D eigenvalue weighted by atomic mass is 9.84. The second-order valence-electron chi connectivity index (χ2n) is 13.5. The van der Waals surface area contributed by atoms with Crippen molar-refractivity contribution < 1.29 is 33.5 Å². The molecule has 6 heterocycles. The van der Waals surface area contributed by atoms with E-state index in [1.54, 1.807) is 6.92 Å². The summed E-state index contributed by atoms with van der Waals surface area (Å²) in [6.07, 6.45) is 3.07. The molecule has 4 aliphatic rings. The number of carbonyl (C=O) groups excluding carboxylic acids is 5. The predicted octanol–water partition coefficient (Wildman–Crippen LogP) is 7.29. The normalized spacial score (nSPS) is 17.6. The van der Waals surface area contributed by atoms with Gasteiger partial charge in [0.1, 0.15) is 0 Å². The molecule has 4 aliphatic heterocycles. The van der Waals surface area contributed by atoms with Gasteiger partial charge in [-0.15, -0.1) is 0 Å². The first-order valence-electron chi connectivity index (χ1n) is 17.5. The molecule has 0 spiro atoms. The molecular weight excluding hydrogens is 650 g/mol. The Labute approximate surface area is 296 Å². The van der Waals surface area contributed by atoms with Crippen molar-refractivity contribution in [3.63, 3.8) is 0 Å². The maximum absolute atomic E-state index is 14.3. The molecule has 0 saturated carbocycles. The summed E-state index contributed by atoms with van der Waals surface area (Å²) in [7, 11) is 1.32. The van der Waals surface area contributed by atoms with Gasteiger partial charge in [0.05, 0.1) is 46.5 Å². The molecule has 51 heavy (non-hydrogen) atoms. The van der Waals surface area contributed by atoms with Crippen LogP contribution in [0.25, 0.3) is 33.3 Å². The third-order valence-electron chi connectivity index (χ3n) is 10.3. The van der Waals surface area contributed by atoms with Gasteiger partial charge in [-0.05, 0) is 80.5 Å². The lowest BCUT2D eigenvalue weighted by Gasteiger charge is -2.25. The van der Waals surface area contributed by atoms with E-state index in [-0.39, 0.29) is 34.8 Å². The van der Waals surface area contributed by atoms with Crippen LogP contribution >= 0.6 is 0 Å². The average molecular weight is 694 g/mol. The summed E-state index contributed by atoms with van der Waals surface area (Å²) >= 11 is 0. The number of ether oxygens (including phenoxy) is 1. The second kappa shape index (κ2) is 13.7. The summed E-state index contributed by atoms with van der Waals surface area (Å²) in [5, 5.41) is 0.510. The Balaban J connectivity index is 1.77. The number of esters is 1. The molecular formula is C39H43N5O7. The zero-order valence-electron chi connectivity index (χ0n) is 30.3. The van der Waals surface area contributed by atoms with Crippen molar-refractivity contribution in [2.75, 3.05) is 7.11 Å². The maximum atomic E-state index is 14.3. The number of aromatic nitrogens is 4. The van der Waals surface area contributed by atoms with Crippen molar-refractivity contribution in [2.24, 2.45) is 0 Å². The summed E-state index contributed by atoms with van der Waals surface area (Å²) in [4.78, 5) is 88.6. The average Bonchev–Trinajstić information content (AvgIpc) is 3.77. The minimum atomic E-state index is -0.830. The first-order valence-corrected chi connectivity index (χ1v) is 17.5. The zero-order valence-corrected chi connectivity index (χ0v) is 30.3. The summed E-state index contributed by atoms with van der Waals surface area (Å²) in [5.41, 5.74) is 8.59. The van der Waals surface area contributed by atoms with Crippen LogP contribution in [-0.4, -0.2) is 61.6 Å². The Morgan fingerprint density at radius 2 is 1.57 bits per heavy atom. The number of carbonyl (C=O) groups is 5. The molecule has 0 unspecified atom stereocenters. The van der Waals surface area contributed by atoms with Gasteiger partial charge in [0.15, 0.2) is 5.78 Å². The largest absolute Gasteiger partial charge is 0.469 e. The van der Waals surface area contributed by atoms with Crippen molar-refractivity contribution in [3.8, 4) is 0 Å². The molecule has 2 aromatic heterocycles. The molecule has 0 fully saturated rings. The molecule has 266 valence electrons. The van der Waals surface area contributed by atoms with Crippen LogP contribution in [0.4, 0.5) is 0 Å². The minimum absolute atomic E-state index is 0.0124. The van der Waals surface area contributed by atoms with Crippen LogP contribution < -0.4 is 0 Å². The van der Waals surface area contributed by atoms with Crippen LogP contribution in [-0.2, 0) is 24.0 Å². The van der Waals surface area contributed by atoms with Crippen molar-refractivity contribution in [1.29, 1.82) is 0 Å². The van der Waals surface area contributed by atoms with Gasteiger partial charge in [0, 0.05) is 54.1 Å². The van der Waals surface area contributed by atoms with Crippen molar-refractivity contribution in [1.82, 2.24) is 25.0 Å². The van der Waals surface area contributed by atoms with E-state index >= 15 is 0 Å². The van der Waals surface area contributed by atoms with Gasteiger partial charge in [-0.1, -0.05) is 32.3 Å². The molecule has 12 nitrogen and oxygen atoms in total. The molecule has 6 rings (SSSR count). The highest BCUT2D eigenvalue weighted by Gasteiger charge is 2.42. The molecule has 0 aromatic carbocycles. The number of hydrogen-bond donors (Lipinski definition) is 2. The fourth-order valence-corrected chi connectivity index (χ4v) is 7.49. The number of Topliss-reactive ketones (excluding diaryl/α,β-unsaturated/α-hetero) is 1. The van der Waals surface area contributed by atoms with E-state index in [4.69, 9.17) is 19.5 Å². The van der Waals surface area contributed by atoms with Gasteiger partial charge >= 0.3 is 11.9 Å². The van der Waals surface area contributed by atoms with Crippen LogP contribution in [0, 0.1) is 6.92 Å². The molecule has 0 aliphatic carbocycles. The molecule has 2 N–H and O–H groups in total. The summed E-state index contributed by atoms with van der Waals surface area (Å²) < 4.78 is 4.96. The Kier molecular flexibility index (Phi) is 9.54. The van der Waals surface area contributed by atoms with E-state index in [1.165, 1.54) is 7.11 Å². The third kappa shape index (κ3) is 6.06. The summed E-state index contributed by atoms with van der Waals surface area (Å²) in [6, 6.07) is 5.62. The molecule has 12 heteroatoms. The monoisotopic (exact) mass is 693 g/mol. The standard InChI is InChI=1S/C39H43N5O7/c1-9-11-12-31(46)33-20(5)27-15-26-19(4)24(13-14-32(47)50-8)36(42-26)35-37-34(38(48)44(39(35)49)51-22(7)45)21(6)28(43-37)16-29-23(10-2)18(3)25(40-29)17-30(33)41-27/h15-17,19,24,42-43H,9-14H2,1-8H3/t19-,24-/m0/s1. The fraction of sp³-hybridized carbons (Fsp3) is 0.410. The van der Waals surface area contributed by atoms with Crippen LogP contribution in [0.2, 0.25) is 0 Å². The number of aryl methyl sites for hydroxylation is 1. The molecule has 0 radical (unpaired) electrons. The van der Waals surface area contributed by atoms with E-state index in [2.05, 4.69) is 9.97 Å². The van der Waals surface area contributed by atoms with Crippen LogP contribution in [0.3, 0.4) is 0 Å². The number of rotatable bonds is 9. The van der Waals surface area contributed by atoms with Crippen LogP contribution in [0.15, 0.2) is 18.2 Å². The lowest BCUT2D eigenvalue weighted by Crippen LogP contribution is -2.42. The number of nitrogens with zero attached hydrogens (tertiary/aromatic N) is 3. The number of H-pyrrole nitrogens is 2. The molecule has 2 atom stereocenters. The fourth-order valence-electron chi connectivity index (χ4n) is 7.49. The number of hydrogen-bond acceptors (Lipinski definition) is 9.